The summed E-state index contributed by atoms with van der Waals surface area (Å²) in [4.78, 5) is 21.8. The van der Waals surface area contributed by atoms with Crippen LogP contribution in [0.5, 0.6) is 5.75 Å². The Bertz CT molecular complexity index is 880. The topological polar surface area (TPSA) is 71.4 Å². The van der Waals surface area contributed by atoms with Crippen molar-refractivity contribution in [3.8, 4) is 17.1 Å². The second-order valence-corrected chi connectivity index (χ2v) is 5.32. The SMILES string of the molecule is COc1cc2[nH]c(N3CCC3)cc(=O)c2cc1-c1cnco1. The fourth-order valence-corrected chi connectivity index (χ4v) is 2.70. The van der Waals surface area contributed by atoms with Crippen LogP contribution in [-0.4, -0.2) is 30.2 Å². The Morgan fingerprint density at radius 2 is 2.18 bits per heavy atom. The average Bonchev–Trinajstić information content (AvgIpc) is 2.98. The van der Waals surface area contributed by atoms with Gasteiger partial charge in [0.15, 0.2) is 17.6 Å². The molecule has 1 aliphatic rings. The Labute approximate surface area is 126 Å². The lowest BCUT2D eigenvalue weighted by molar-refractivity contribution is 0.415. The minimum atomic E-state index is -0.0148. The third-order valence-electron chi connectivity index (χ3n) is 4.03. The first-order chi connectivity index (χ1) is 10.8. The Morgan fingerprint density at radius 3 is 2.82 bits per heavy atom. The molecule has 0 unspecified atom stereocenters. The van der Waals surface area contributed by atoms with Crippen LogP contribution in [0.15, 0.2) is 40.0 Å². The van der Waals surface area contributed by atoms with Gasteiger partial charge in [-0.05, 0) is 12.5 Å². The van der Waals surface area contributed by atoms with E-state index in [0.717, 1.165) is 36.4 Å². The molecule has 3 heterocycles. The number of oxazole rings is 1. The highest BCUT2D eigenvalue weighted by molar-refractivity contribution is 5.88. The largest absolute Gasteiger partial charge is 0.496 e. The van der Waals surface area contributed by atoms with E-state index in [2.05, 4.69) is 14.9 Å². The summed E-state index contributed by atoms with van der Waals surface area (Å²) in [6, 6.07) is 5.27. The van der Waals surface area contributed by atoms with Gasteiger partial charge in [-0.2, -0.15) is 0 Å². The highest BCUT2D eigenvalue weighted by Gasteiger charge is 2.18. The summed E-state index contributed by atoms with van der Waals surface area (Å²) in [7, 11) is 1.60. The van der Waals surface area contributed by atoms with E-state index < -0.39 is 0 Å². The first-order valence-corrected chi connectivity index (χ1v) is 7.15. The molecule has 6 nitrogen and oxygen atoms in total. The van der Waals surface area contributed by atoms with Crippen molar-refractivity contribution in [1.82, 2.24) is 9.97 Å². The van der Waals surface area contributed by atoms with Crippen molar-refractivity contribution in [2.45, 2.75) is 6.42 Å². The molecule has 0 bridgehead atoms. The molecule has 0 atom stereocenters. The minimum Gasteiger partial charge on any atom is -0.496 e. The van der Waals surface area contributed by atoms with Crippen molar-refractivity contribution < 1.29 is 9.15 Å². The van der Waals surface area contributed by atoms with Crippen LogP contribution in [0.1, 0.15) is 6.42 Å². The molecule has 1 N–H and O–H groups in total. The third-order valence-corrected chi connectivity index (χ3v) is 4.03. The van der Waals surface area contributed by atoms with Crippen molar-refractivity contribution in [2.24, 2.45) is 0 Å². The smallest absolute Gasteiger partial charge is 0.191 e. The highest BCUT2D eigenvalue weighted by Crippen LogP contribution is 2.33. The van der Waals surface area contributed by atoms with E-state index >= 15 is 0 Å². The number of nitrogens with zero attached hydrogens (tertiary/aromatic N) is 2. The molecule has 1 saturated heterocycles. The molecule has 0 radical (unpaired) electrons. The maximum Gasteiger partial charge on any atom is 0.191 e. The number of H-pyrrole nitrogens is 1. The molecule has 4 rings (SSSR count). The van der Waals surface area contributed by atoms with Crippen LogP contribution in [0.2, 0.25) is 0 Å². The van der Waals surface area contributed by atoms with E-state index in [1.807, 2.05) is 6.07 Å². The number of hydrogen-bond acceptors (Lipinski definition) is 5. The lowest BCUT2D eigenvalue weighted by Crippen LogP contribution is -2.38. The maximum absolute atomic E-state index is 12.4. The summed E-state index contributed by atoms with van der Waals surface area (Å²) >= 11 is 0. The summed E-state index contributed by atoms with van der Waals surface area (Å²) in [6.45, 7) is 1.96. The summed E-state index contributed by atoms with van der Waals surface area (Å²) < 4.78 is 10.8. The van der Waals surface area contributed by atoms with Crippen molar-refractivity contribution in [3.63, 3.8) is 0 Å². The number of anilines is 1. The van der Waals surface area contributed by atoms with Gasteiger partial charge >= 0.3 is 0 Å². The molecule has 0 saturated carbocycles. The normalized spacial score (nSPS) is 14.1. The molecule has 0 amide bonds. The number of pyridine rings is 1. The van der Waals surface area contributed by atoms with Crippen molar-refractivity contribution in [3.05, 3.63) is 41.0 Å². The molecule has 2 aromatic heterocycles. The van der Waals surface area contributed by atoms with Crippen LogP contribution >= 0.6 is 0 Å². The van der Waals surface area contributed by atoms with Crippen LogP contribution in [0.4, 0.5) is 5.82 Å². The first-order valence-electron chi connectivity index (χ1n) is 7.15. The van der Waals surface area contributed by atoms with Gasteiger partial charge in [-0.1, -0.05) is 0 Å². The van der Waals surface area contributed by atoms with E-state index in [0.29, 0.717) is 16.9 Å². The zero-order chi connectivity index (χ0) is 15.1. The number of aromatic nitrogens is 2. The Morgan fingerprint density at radius 1 is 1.32 bits per heavy atom. The molecule has 6 heteroatoms. The van der Waals surface area contributed by atoms with Gasteiger partial charge in [-0.3, -0.25) is 4.79 Å². The van der Waals surface area contributed by atoms with E-state index in [-0.39, 0.29) is 5.43 Å². The molecule has 112 valence electrons. The minimum absolute atomic E-state index is 0.0148. The quantitative estimate of drug-likeness (QED) is 0.803. The van der Waals surface area contributed by atoms with Crippen LogP contribution in [-0.2, 0) is 0 Å². The number of methoxy groups -OCH3 is 1. The summed E-state index contributed by atoms with van der Waals surface area (Å²) in [5, 5.41) is 0.608. The second kappa shape index (κ2) is 4.91. The van der Waals surface area contributed by atoms with Gasteiger partial charge in [-0.15, -0.1) is 0 Å². The lowest BCUT2D eigenvalue weighted by Gasteiger charge is -2.32. The average molecular weight is 297 g/mol. The van der Waals surface area contributed by atoms with Gasteiger partial charge in [0.2, 0.25) is 0 Å². The fraction of sp³-hybridized carbons (Fsp3) is 0.250. The number of rotatable bonds is 3. The molecule has 0 aliphatic carbocycles. The van der Waals surface area contributed by atoms with Gasteiger partial charge in [0.05, 0.1) is 24.4 Å². The number of benzene rings is 1. The lowest BCUT2D eigenvalue weighted by atomic mass is 10.1. The summed E-state index contributed by atoms with van der Waals surface area (Å²) in [6.07, 6.45) is 4.12. The van der Waals surface area contributed by atoms with E-state index in [4.69, 9.17) is 9.15 Å². The first kappa shape index (κ1) is 12.9. The maximum atomic E-state index is 12.4. The molecule has 1 aromatic carbocycles. The van der Waals surface area contributed by atoms with Gasteiger partial charge in [0.1, 0.15) is 11.6 Å². The number of hydrogen-bond donors (Lipinski definition) is 1. The molecule has 1 aliphatic heterocycles. The molecule has 3 aromatic rings. The number of aromatic amines is 1. The predicted molar refractivity (Wildman–Crippen MR) is 83.4 cm³/mol. The van der Waals surface area contributed by atoms with Crippen molar-refractivity contribution in [2.75, 3.05) is 25.1 Å². The monoisotopic (exact) mass is 297 g/mol. The van der Waals surface area contributed by atoms with Crippen molar-refractivity contribution >= 4 is 16.7 Å². The molecule has 0 spiro atoms. The number of fused-ring (bicyclic) bond motifs is 1. The van der Waals surface area contributed by atoms with E-state index in [1.165, 1.54) is 6.39 Å². The van der Waals surface area contributed by atoms with Gasteiger partial charge in [0, 0.05) is 30.6 Å². The summed E-state index contributed by atoms with van der Waals surface area (Å²) in [5.41, 5.74) is 1.46. The van der Waals surface area contributed by atoms with Gasteiger partial charge < -0.3 is 19.0 Å². The standard InChI is InChI=1S/C16H15N3O3/c1-21-14-6-12-10(5-11(14)15-8-17-9-22-15)13(20)7-16(18-12)19-3-2-4-19/h5-9H,2-4H2,1H3,(H,18,20). The second-order valence-electron chi connectivity index (χ2n) is 5.32. The van der Waals surface area contributed by atoms with E-state index in [1.54, 1.807) is 25.4 Å². The van der Waals surface area contributed by atoms with Crippen LogP contribution in [0.3, 0.4) is 0 Å². The van der Waals surface area contributed by atoms with Gasteiger partial charge in [0.25, 0.3) is 0 Å². The van der Waals surface area contributed by atoms with Crippen molar-refractivity contribution in [1.29, 1.82) is 0 Å². The molecular weight excluding hydrogens is 282 g/mol. The fourth-order valence-electron chi connectivity index (χ4n) is 2.70. The molecular formula is C16H15N3O3. The van der Waals surface area contributed by atoms with E-state index in [9.17, 15) is 4.79 Å². The summed E-state index contributed by atoms with van der Waals surface area (Å²) in [5.74, 6) is 2.07. The Hall–Kier alpha value is -2.76. The Balaban J connectivity index is 1.93. The number of ether oxygens (including phenoxy) is 1. The number of nitrogens with one attached hydrogen (secondary N) is 1. The zero-order valence-corrected chi connectivity index (χ0v) is 12.1. The Kier molecular flexibility index (Phi) is 2.89. The highest BCUT2D eigenvalue weighted by atomic mass is 16.5. The zero-order valence-electron chi connectivity index (χ0n) is 12.1. The molecule has 22 heavy (non-hydrogen) atoms. The van der Waals surface area contributed by atoms with Gasteiger partial charge in [-0.25, -0.2) is 4.98 Å². The van der Waals surface area contributed by atoms with Crippen LogP contribution < -0.4 is 15.1 Å². The van der Waals surface area contributed by atoms with Crippen LogP contribution in [0.25, 0.3) is 22.2 Å². The molecule has 1 fully saturated rings. The predicted octanol–water partition coefficient (Wildman–Crippen LogP) is 2.40. The third kappa shape index (κ3) is 1.95. The van der Waals surface area contributed by atoms with Crippen LogP contribution in [0, 0.1) is 0 Å².